The number of rotatable bonds is 6. The molecule has 2 unspecified atom stereocenters. The fourth-order valence-corrected chi connectivity index (χ4v) is 2.92. The highest BCUT2D eigenvalue weighted by molar-refractivity contribution is 6.31. The average molecular weight is 312 g/mol. The summed E-state index contributed by atoms with van der Waals surface area (Å²) in [7, 11) is 0. The molecule has 0 bridgehead atoms. The van der Waals surface area contributed by atoms with E-state index in [0.717, 1.165) is 31.2 Å². The van der Waals surface area contributed by atoms with Crippen LogP contribution in [0.4, 0.5) is 0 Å². The number of hydrogen-bond donors (Lipinski definition) is 2. The highest BCUT2D eigenvalue weighted by atomic mass is 35.5. The van der Waals surface area contributed by atoms with Gasteiger partial charge in [-0.05, 0) is 24.5 Å². The van der Waals surface area contributed by atoms with Gasteiger partial charge in [0.15, 0.2) is 0 Å². The first-order chi connectivity index (χ1) is 10.2. The number of nitrogens with one attached hydrogen (secondary N) is 1. The van der Waals surface area contributed by atoms with Crippen LogP contribution in [0.5, 0.6) is 0 Å². The van der Waals surface area contributed by atoms with Crippen molar-refractivity contribution in [3.8, 4) is 0 Å². The summed E-state index contributed by atoms with van der Waals surface area (Å²) in [5.41, 5.74) is 0.873. The molecule has 0 spiro atoms. The van der Waals surface area contributed by atoms with E-state index in [-0.39, 0.29) is 31.1 Å². The molecule has 2 atom stereocenters. The van der Waals surface area contributed by atoms with E-state index in [1.807, 2.05) is 18.2 Å². The van der Waals surface area contributed by atoms with Gasteiger partial charge in [0.05, 0.1) is 6.61 Å². The predicted octanol–water partition coefficient (Wildman–Crippen LogP) is 2.52. The molecule has 1 aliphatic carbocycles. The predicted molar refractivity (Wildman–Crippen MR) is 82.1 cm³/mol. The molecule has 0 saturated heterocycles. The summed E-state index contributed by atoms with van der Waals surface area (Å²) in [5.74, 6) is 0.0404. The summed E-state index contributed by atoms with van der Waals surface area (Å²) in [5, 5.41) is 12.9. The largest absolute Gasteiger partial charge is 0.396 e. The monoisotopic (exact) mass is 311 g/mol. The molecule has 1 aromatic rings. The maximum atomic E-state index is 11.9. The normalized spacial score (nSPS) is 22.0. The molecule has 2 N–H and O–H groups in total. The Morgan fingerprint density at radius 1 is 1.33 bits per heavy atom. The van der Waals surface area contributed by atoms with Crippen molar-refractivity contribution in [1.29, 1.82) is 0 Å². The van der Waals surface area contributed by atoms with E-state index in [1.165, 1.54) is 0 Å². The Kier molecular flexibility index (Phi) is 6.49. The van der Waals surface area contributed by atoms with E-state index in [0.29, 0.717) is 11.6 Å². The van der Waals surface area contributed by atoms with Gasteiger partial charge in [-0.1, -0.05) is 42.6 Å². The van der Waals surface area contributed by atoms with Crippen molar-refractivity contribution < 1.29 is 14.6 Å². The summed E-state index contributed by atoms with van der Waals surface area (Å²) in [6.07, 6.45) is 4.13. The van der Waals surface area contributed by atoms with Crippen LogP contribution in [0.1, 0.15) is 31.2 Å². The second-order valence-electron chi connectivity index (χ2n) is 5.49. The first-order valence-corrected chi connectivity index (χ1v) is 7.80. The third kappa shape index (κ3) is 4.99. The van der Waals surface area contributed by atoms with Crippen molar-refractivity contribution in [2.75, 3.05) is 13.2 Å². The summed E-state index contributed by atoms with van der Waals surface area (Å²) < 4.78 is 5.41. The van der Waals surface area contributed by atoms with Crippen LogP contribution in [0, 0.1) is 5.92 Å². The lowest BCUT2D eigenvalue weighted by molar-refractivity contribution is -0.127. The third-order valence-corrected chi connectivity index (χ3v) is 4.31. The maximum absolute atomic E-state index is 11.9. The number of carbonyl (C=O) groups excluding carboxylic acids is 1. The zero-order valence-electron chi connectivity index (χ0n) is 12.1. The number of benzene rings is 1. The SMILES string of the molecule is O=C(COCc1ccccc1Cl)NC1CCCCC1CO. The Morgan fingerprint density at radius 3 is 2.86 bits per heavy atom. The highest BCUT2D eigenvalue weighted by Gasteiger charge is 2.25. The molecule has 5 heteroatoms. The Labute approximate surface area is 130 Å². The van der Waals surface area contributed by atoms with Crippen LogP contribution in [0.15, 0.2) is 24.3 Å². The van der Waals surface area contributed by atoms with Crippen molar-refractivity contribution in [2.24, 2.45) is 5.92 Å². The molecule has 0 heterocycles. The molecule has 0 aliphatic heterocycles. The minimum Gasteiger partial charge on any atom is -0.396 e. The molecule has 1 aromatic carbocycles. The van der Waals surface area contributed by atoms with Crippen molar-refractivity contribution in [3.05, 3.63) is 34.9 Å². The van der Waals surface area contributed by atoms with Crippen molar-refractivity contribution in [3.63, 3.8) is 0 Å². The molecule has 1 aliphatic rings. The van der Waals surface area contributed by atoms with E-state index in [1.54, 1.807) is 6.07 Å². The number of aliphatic hydroxyl groups excluding tert-OH is 1. The van der Waals surface area contributed by atoms with Crippen LogP contribution in [-0.4, -0.2) is 30.3 Å². The quantitative estimate of drug-likeness (QED) is 0.848. The number of ether oxygens (including phenoxy) is 1. The molecule has 1 saturated carbocycles. The van der Waals surface area contributed by atoms with E-state index < -0.39 is 0 Å². The van der Waals surface area contributed by atoms with Crippen molar-refractivity contribution >= 4 is 17.5 Å². The van der Waals surface area contributed by atoms with E-state index in [9.17, 15) is 9.90 Å². The van der Waals surface area contributed by atoms with Crippen molar-refractivity contribution in [1.82, 2.24) is 5.32 Å². The molecular formula is C16H22ClNO3. The van der Waals surface area contributed by atoms with Gasteiger partial charge in [0.25, 0.3) is 0 Å². The van der Waals surface area contributed by atoms with Crippen LogP contribution < -0.4 is 5.32 Å². The third-order valence-electron chi connectivity index (χ3n) is 3.94. The number of amides is 1. The van der Waals surface area contributed by atoms with E-state index >= 15 is 0 Å². The molecule has 21 heavy (non-hydrogen) atoms. The first kappa shape index (κ1) is 16.3. The minimum absolute atomic E-state index is 0.0138. The second-order valence-corrected chi connectivity index (χ2v) is 5.89. The van der Waals surface area contributed by atoms with Gasteiger partial charge in [0.2, 0.25) is 5.91 Å². The van der Waals surface area contributed by atoms with Gasteiger partial charge in [0.1, 0.15) is 6.61 Å². The Morgan fingerprint density at radius 2 is 2.10 bits per heavy atom. The van der Waals surface area contributed by atoms with E-state index in [4.69, 9.17) is 16.3 Å². The molecule has 0 aromatic heterocycles. The minimum atomic E-state index is -0.132. The van der Waals surface area contributed by atoms with Gasteiger partial charge in [-0.15, -0.1) is 0 Å². The summed E-state index contributed by atoms with van der Waals surface area (Å²) >= 11 is 6.02. The van der Waals surface area contributed by atoms with Gasteiger partial charge in [-0.25, -0.2) is 0 Å². The topological polar surface area (TPSA) is 58.6 Å². The van der Waals surface area contributed by atoms with Crippen LogP contribution >= 0.6 is 11.6 Å². The smallest absolute Gasteiger partial charge is 0.246 e. The molecule has 116 valence electrons. The zero-order valence-corrected chi connectivity index (χ0v) is 12.8. The Balaban J connectivity index is 1.73. The number of halogens is 1. The summed E-state index contributed by atoms with van der Waals surface area (Å²) in [4.78, 5) is 11.9. The van der Waals surface area contributed by atoms with E-state index in [2.05, 4.69) is 5.32 Å². The lowest BCUT2D eigenvalue weighted by Gasteiger charge is -2.30. The average Bonchev–Trinajstić information content (AvgIpc) is 2.50. The first-order valence-electron chi connectivity index (χ1n) is 7.42. The standard InChI is InChI=1S/C16H22ClNO3/c17-14-7-3-1-6-13(14)10-21-11-16(20)18-15-8-4-2-5-12(15)9-19/h1,3,6-7,12,15,19H,2,4-5,8-11H2,(H,18,20). The van der Waals surface area contributed by atoms with Gasteiger partial charge < -0.3 is 15.2 Å². The Bertz CT molecular complexity index is 467. The Hall–Kier alpha value is -1.10. The fraction of sp³-hybridized carbons (Fsp3) is 0.562. The van der Waals surface area contributed by atoms with Gasteiger partial charge in [-0.3, -0.25) is 4.79 Å². The molecule has 0 radical (unpaired) electrons. The van der Waals surface area contributed by atoms with Crippen LogP contribution in [0.3, 0.4) is 0 Å². The van der Waals surface area contributed by atoms with Crippen LogP contribution in [-0.2, 0) is 16.1 Å². The number of carbonyl (C=O) groups is 1. The highest BCUT2D eigenvalue weighted by Crippen LogP contribution is 2.23. The summed E-state index contributed by atoms with van der Waals surface area (Å²) in [6, 6.07) is 7.49. The maximum Gasteiger partial charge on any atom is 0.246 e. The molecule has 2 rings (SSSR count). The van der Waals surface area contributed by atoms with Gasteiger partial charge in [-0.2, -0.15) is 0 Å². The molecular weight excluding hydrogens is 290 g/mol. The van der Waals surface area contributed by atoms with Crippen molar-refractivity contribution in [2.45, 2.75) is 38.3 Å². The number of aliphatic hydroxyl groups is 1. The van der Waals surface area contributed by atoms with Crippen LogP contribution in [0.25, 0.3) is 0 Å². The summed E-state index contributed by atoms with van der Waals surface area (Å²) in [6.45, 7) is 0.465. The second kappa shape index (κ2) is 8.37. The molecule has 4 nitrogen and oxygen atoms in total. The van der Waals surface area contributed by atoms with Crippen LogP contribution in [0.2, 0.25) is 5.02 Å². The molecule has 1 amide bonds. The lowest BCUT2D eigenvalue weighted by atomic mass is 9.85. The fourth-order valence-electron chi connectivity index (χ4n) is 2.73. The van der Waals surface area contributed by atoms with Gasteiger partial charge in [0, 0.05) is 23.6 Å². The molecule has 1 fully saturated rings. The zero-order chi connectivity index (χ0) is 15.1. The number of hydrogen-bond acceptors (Lipinski definition) is 3. The van der Waals surface area contributed by atoms with Gasteiger partial charge >= 0.3 is 0 Å². The lowest BCUT2D eigenvalue weighted by Crippen LogP contribution is -2.44.